The fraction of sp³-hybridized carbons (Fsp3) is 0.0952. The minimum Gasteiger partial charge on any atom is -0.0622 e. The van der Waals surface area contributed by atoms with Crippen molar-refractivity contribution in [1.29, 1.82) is 0 Å². The van der Waals surface area contributed by atoms with Crippen LogP contribution >= 0.6 is 0 Å². The summed E-state index contributed by atoms with van der Waals surface area (Å²) in [6.07, 6.45) is 0. The molecule has 0 saturated heterocycles. The summed E-state index contributed by atoms with van der Waals surface area (Å²) in [5.74, 6) is 1.31. The molecule has 0 unspecified atom stereocenters. The third kappa shape index (κ3) is 2.75. The van der Waals surface area contributed by atoms with E-state index in [4.69, 9.17) is 0 Å². The van der Waals surface area contributed by atoms with E-state index in [0.29, 0.717) is 0 Å². The summed E-state index contributed by atoms with van der Waals surface area (Å²) in [5, 5.41) is 0. The second-order valence-corrected chi connectivity index (χ2v) is 5.37. The zero-order valence-corrected chi connectivity index (χ0v) is 12.5. The van der Waals surface area contributed by atoms with Gasteiger partial charge in [-0.05, 0) is 41.7 Å². The smallest absolute Gasteiger partial charge is 0.0622 e. The van der Waals surface area contributed by atoms with Crippen molar-refractivity contribution < 1.29 is 0 Å². The maximum atomic E-state index is 2.21. The monoisotopic (exact) mass is 271 g/mol. The highest BCUT2D eigenvalue weighted by atomic mass is 14.2. The quantitative estimate of drug-likeness (QED) is 0.565. The number of benzene rings is 3. The third-order valence-electron chi connectivity index (χ3n) is 3.89. The molecule has 0 saturated carbocycles. The van der Waals surface area contributed by atoms with E-state index < -0.39 is 0 Å². The van der Waals surface area contributed by atoms with Crippen LogP contribution in [0.15, 0.2) is 78.9 Å². The second kappa shape index (κ2) is 5.97. The molecule has 103 valence electrons. The van der Waals surface area contributed by atoms with Crippen LogP contribution in [0.3, 0.4) is 0 Å². The molecule has 0 amide bonds. The highest BCUT2D eigenvalue weighted by Crippen LogP contribution is 2.34. The molecule has 0 aliphatic rings. The Kier molecular flexibility index (Phi) is 3.87. The van der Waals surface area contributed by atoms with Crippen molar-refractivity contribution in [1.82, 2.24) is 0 Å². The van der Waals surface area contributed by atoms with Gasteiger partial charge in [0.15, 0.2) is 0 Å². The molecule has 0 aliphatic heterocycles. The molecule has 0 atom stereocenters. The molecule has 21 heavy (non-hydrogen) atoms. The predicted octanol–water partition coefficient (Wildman–Crippen LogP) is 5.32. The van der Waals surface area contributed by atoms with E-state index in [9.17, 15) is 0 Å². The molecule has 0 spiro atoms. The summed E-state index contributed by atoms with van der Waals surface area (Å²) in [4.78, 5) is 0. The number of aryl methyl sites for hydroxylation is 2. The predicted molar refractivity (Wildman–Crippen MR) is 89.3 cm³/mol. The van der Waals surface area contributed by atoms with E-state index in [1.54, 1.807) is 0 Å². The fourth-order valence-electron chi connectivity index (χ4n) is 2.77. The molecule has 0 fully saturated rings. The van der Waals surface area contributed by atoms with Crippen molar-refractivity contribution in [2.24, 2.45) is 0 Å². The van der Waals surface area contributed by atoms with E-state index in [1.165, 1.54) is 33.7 Å². The molecule has 0 heteroatoms. The van der Waals surface area contributed by atoms with Crippen LogP contribution in [0, 0.1) is 19.8 Å². The van der Waals surface area contributed by atoms with E-state index in [1.807, 2.05) is 0 Å². The van der Waals surface area contributed by atoms with Gasteiger partial charge in [0.05, 0.1) is 5.92 Å². The van der Waals surface area contributed by atoms with Gasteiger partial charge in [0.25, 0.3) is 0 Å². The third-order valence-corrected chi connectivity index (χ3v) is 3.89. The molecular weight excluding hydrogens is 252 g/mol. The summed E-state index contributed by atoms with van der Waals surface area (Å²) in [6.45, 7) is 4.35. The van der Waals surface area contributed by atoms with Crippen LogP contribution < -0.4 is 0 Å². The first-order valence-electron chi connectivity index (χ1n) is 7.32. The SMILES string of the molecule is Cc1ccccc1[C](c1ccccc1)c1ccccc1C. The Labute approximate surface area is 127 Å². The summed E-state index contributed by atoms with van der Waals surface area (Å²) in [6, 6.07) is 27.9. The van der Waals surface area contributed by atoms with E-state index in [2.05, 4.69) is 92.7 Å². The van der Waals surface area contributed by atoms with Gasteiger partial charge in [0.2, 0.25) is 0 Å². The van der Waals surface area contributed by atoms with Gasteiger partial charge >= 0.3 is 0 Å². The van der Waals surface area contributed by atoms with Crippen LogP contribution in [0.1, 0.15) is 27.8 Å². The zero-order valence-electron chi connectivity index (χ0n) is 12.5. The Balaban J connectivity index is 2.22. The molecule has 0 aliphatic carbocycles. The van der Waals surface area contributed by atoms with Crippen molar-refractivity contribution in [3.63, 3.8) is 0 Å². The van der Waals surface area contributed by atoms with Crippen LogP contribution in [0.5, 0.6) is 0 Å². The molecule has 0 bridgehead atoms. The Hall–Kier alpha value is -2.34. The topological polar surface area (TPSA) is 0 Å². The number of hydrogen-bond acceptors (Lipinski definition) is 0. The zero-order chi connectivity index (χ0) is 14.7. The van der Waals surface area contributed by atoms with Gasteiger partial charge in [-0.15, -0.1) is 0 Å². The molecule has 0 aromatic heterocycles. The molecule has 3 rings (SSSR count). The highest BCUT2D eigenvalue weighted by Gasteiger charge is 2.20. The van der Waals surface area contributed by atoms with E-state index >= 15 is 0 Å². The van der Waals surface area contributed by atoms with Crippen LogP contribution in [0.4, 0.5) is 0 Å². The van der Waals surface area contributed by atoms with E-state index in [-0.39, 0.29) is 0 Å². The molecule has 3 aromatic rings. The van der Waals surface area contributed by atoms with Gasteiger partial charge in [-0.25, -0.2) is 0 Å². The molecule has 0 nitrogen and oxygen atoms in total. The van der Waals surface area contributed by atoms with Crippen molar-refractivity contribution in [2.75, 3.05) is 0 Å². The van der Waals surface area contributed by atoms with Gasteiger partial charge in [-0.1, -0.05) is 78.9 Å². The first-order valence-corrected chi connectivity index (χ1v) is 7.32. The average molecular weight is 271 g/mol. The van der Waals surface area contributed by atoms with Crippen molar-refractivity contribution >= 4 is 0 Å². The highest BCUT2D eigenvalue weighted by molar-refractivity contribution is 5.61. The Morgan fingerprint density at radius 3 is 1.43 bits per heavy atom. The Morgan fingerprint density at radius 1 is 0.524 bits per heavy atom. The minimum atomic E-state index is 1.26. The molecule has 0 N–H and O–H groups in total. The number of rotatable bonds is 3. The fourth-order valence-corrected chi connectivity index (χ4v) is 2.77. The lowest BCUT2D eigenvalue weighted by Gasteiger charge is -2.21. The lowest BCUT2D eigenvalue weighted by molar-refractivity contribution is 1.17. The standard InChI is InChI=1S/C21H19/c1-16-10-6-8-14-19(16)21(18-12-4-3-5-13-18)20-15-9-7-11-17(20)2/h3-15H,1-2H3. The van der Waals surface area contributed by atoms with Crippen LogP contribution in [-0.2, 0) is 0 Å². The summed E-state index contributed by atoms with van der Waals surface area (Å²) < 4.78 is 0. The van der Waals surface area contributed by atoms with Crippen LogP contribution in [-0.4, -0.2) is 0 Å². The van der Waals surface area contributed by atoms with Crippen LogP contribution in [0.25, 0.3) is 0 Å². The minimum absolute atomic E-state index is 1.26. The van der Waals surface area contributed by atoms with Crippen molar-refractivity contribution in [2.45, 2.75) is 13.8 Å². The average Bonchev–Trinajstić information content (AvgIpc) is 2.52. The largest absolute Gasteiger partial charge is 0.0634 e. The van der Waals surface area contributed by atoms with Crippen LogP contribution in [0.2, 0.25) is 0 Å². The van der Waals surface area contributed by atoms with Crippen molar-refractivity contribution in [3.05, 3.63) is 113 Å². The Morgan fingerprint density at radius 2 is 0.952 bits per heavy atom. The molecule has 0 heterocycles. The lowest BCUT2D eigenvalue weighted by Crippen LogP contribution is -2.07. The lowest BCUT2D eigenvalue weighted by atomic mass is 9.81. The molecule has 1 radical (unpaired) electrons. The van der Waals surface area contributed by atoms with Gasteiger partial charge in [0, 0.05) is 0 Å². The summed E-state index contributed by atoms with van der Waals surface area (Å²) in [7, 11) is 0. The normalized spacial score (nSPS) is 10.8. The Bertz CT molecular complexity index is 680. The summed E-state index contributed by atoms with van der Waals surface area (Å²) >= 11 is 0. The first-order chi connectivity index (χ1) is 10.3. The van der Waals surface area contributed by atoms with Gasteiger partial charge in [-0.2, -0.15) is 0 Å². The maximum absolute atomic E-state index is 2.21. The first kappa shape index (κ1) is 13.6. The van der Waals surface area contributed by atoms with Gasteiger partial charge in [-0.3, -0.25) is 0 Å². The van der Waals surface area contributed by atoms with E-state index in [0.717, 1.165) is 0 Å². The maximum Gasteiger partial charge on any atom is 0.0634 e. The second-order valence-electron chi connectivity index (χ2n) is 5.37. The van der Waals surface area contributed by atoms with Gasteiger partial charge in [0.1, 0.15) is 0 Å². The molecular formula is C21H19. The van der Waals surface area contributed by atoms with Crippen molar-refractivity contribution in [3.8, 4) is 0 Å². The van der Waals surface area contributed by atoms with Gasteiger partial charge < -0.3 is 0 Å². The molecule has 3 aromatic carbocycles. The number of hydrogen-bond donors (Lipinski definition) is 0. The summed E-state index contributed by atoms with van der Waals surface area (Å²) in [5.41, 5.74) is 6.48.